The number of carbonyl (C=O) groups excluding carboxylic acids is 1. The highest BCUT2D eigenvalue weighted by atomic mass is 19.4. The van der Waals surface area contributed by atoms with Crippen molar-refractivity contribution < 1.29 is 22.4 Å². The van der Waals surface area contributed by atoms with E-state index in [0.29, 0.717) is 17.2 Å². The zero-order valence-corrected chi connectivity index (χ0v) is 22.8. The molecule has 1 fully saturated rings. The summed E-state index contributed by atoms with van der Waals surface area (Å²) in [7, 11) is 0. The van der Waals surface area contributed by atoms with Crippen LogP contribution in [0.5, 0.6) is 0 Å². The van der Waals surface area contributed by atoms with Crippen molar-refractivity contribution in [1.29, 1.82) is 0 Å². The van der Waals surface area contributed by atoms with E-state index >= 15 is 0 Å². The summed E-state index contributed by atoms with van der Waals surface area (Å²) in [6.45, 7) is 0. The average molecular weight is 571 g/mol. The van der Waals surface area contributed by atoms with Gasteiger partial charge in [-0.2, -0.15) is 13.2 Å². The number of urea groups is 1. The Bertz CT molecular complexity index is 1570. The van der Waals surface area contributed by atoms with Gasteiger partial charge < -0.3 is 10.6 Å². The van der Waals surface area contributed by atoms with Crippen LogP contribution in [-0.2, 0) is 18.1 Å². The second kappa shape index (κ2) is 12.5. The van der Waals surface area contributed by atoms with Gasteiger partial charge in [-0.1, -0.05) is 85.3 Å². The van der Waals surface area contributed by atoms with E-state index in [2.05, 4.69) is 22.5 Å². The number of halogens is 4. The van der Waals surface area contributed by atoms with Crippen LogP contribution in [0, 0.1) is 17.7 Å². The number of alkyl halides is 3. The number of hydrogen-bond donors (Lipinski definition) is 2. The first-order chi connectivity index (χ1) is 20.2. The van der Waals surface area contributed by atoms with Crippen molar-refractivity contribution in [3.8, 4) is 11.8 Å². The number of nitrogens with one attached hydrogen (secondary N) is 2. The minimum absolute atomic E-state index is 0.0108. The molecule has 214 valence electrons. The maximum absolute atomic E-state index is 14.9. The van der Waals surface area contributed by atoms with Crippen molar-refractivity contribution in [2.45, 2.75) is 49.9 Å². The second-order valence-electron chi connectivity index (χ2n) is 10.6. The fourth-order valence-corrected chi connectivity index (χ4v) is 5.45. The molecular formula is C35H30F4N2O. The molecule has 42 heavy (non-hydrogen) atoms. The third-order valence-electron chi connectivity index (χ3n) is 7.55. The number of amides is 2. The van der Waals surface area contributed by atoms with Gasteiger partial charge in [-0.3, -0.25) is 0 Å². The number of hydrogen-bond acceptors (Lipinski definition) is 1. The summed E-state index contributed by atoms with van der Waals surface area (Å²) in [5.41, 5.74) is 0.104. The molecule has 1 atom stereocenters. The van der Waals surface area contributed by atoms with Crippen molar-refractivity contribution in [1.82, 2.24) is 10.6 Å². The molecule has 7 heteroatoms. The Kier molecular flexibility index (Phi) is 8.63. The van der Waals surface area contributed by atoms with Crippen LogP contribution in [0.25, 0.3) is 0 Å². The lowest BCUT2D eigenvalue weighted by Gasteiger charge is -2.37. The molecular weight excluding hydrogens is 540 g/mol. The smallest absolute Gasteiger partial charge is 0.335 e. The Morgan fingerprint density at radius 2 is 1.31 bits per heavy atom. The number of rotatable bonds is 6. The van der Waals surface area contributed by atoms with Crippen LogP contribution in [0.2, 0.25) is 0 Å². The van der Waals surface area contributed by atoms with Gasteiger partial charge in [0.25, 0.3) is 0 Å². The molecule has 1 aliphatic carbocycles. The topological polar surface area (TPSA) is 41.1 Å². The number of carbonyl (C=O) groups is 1. The van der Waals surface area contributed by atoms with E-state index in [4.69, 9.17) is 0 Å². The first kappa shape index (κ1) is 28.9. The Labute approximate surface area is 243 Å². The van der Waals surface area contributed by atoms with Crippen LogP contribution in [0.3, 0.4) is 0 Å². The molecule has 2 amide bonds. The van der Waals surface area contributed by atoms with E-state index < -0.39 is 29.1 Å². The van der Waals surface area contributed by atoms with Crippen molar-refractivity contribution >= 4 is 6.03 Å². The van der Waals surface area contributed by atoms with Crippen LogP contribution >= 0.6 is 0 Å². The van der Waals surface area contributed by atoms with Crippen molar-refractivity contribution in [2.24, 2.45) is 0 Å². The van der Waals surface area contributed by atoms with Gasteiger partial charge in [-0.15, -0.1) is 0 Å². The van der Waals surface area contributed by atoms with Gasteiger partial charge in [-0.05, 0) is 72.0 Å². The lowest BCUT2D eigenvalue weighted by molar-refractivity contribution is -0.137. The van der Waals surface area contributed by atoms with Crippen molar-refractivity contribution in [2.75, 3.05) is 0 Å². The first-order valence-electron chi connectivity index (χ1n) is 13.9. The normalized spacial score (nSPS) is 14.9. The fraction of sp³-hybridized carbons (Fsp3) is 0.229. The van der Waals surface area contributed by atoms with Crippen molar-refractivity contribution in [3.05, 3.63) is 142 Å². The third-order valence-corrected chi connectivity index (χ3v) is 7.55. The quantitative estimate of drug-likeness (QED) is 0.179. The summed E-state index contributed by atoms with van der Waals surface area (Å²) in [6, 6.07) is 27.4. The molecule has 5 rings (SSSR count). The highest BCUT2D eigenvalue weighted by Gasteiger charge is 2.40. The molecule has 1 aliphatic rings. The monoisotopic (exact) mass is 570 g/mol. The lowest BCUT2D eigenvalue weighted by atomic mass is 9.77. The molecule has 0 spiro atoms. The lowest BCUT2D eigenvalue weighted by Crippen LogP contribution is -2.53. The van der Waals surface area contributed by atoms with Crippen LogP contribution in [0.1, 0.15) is 59.1 Å². The van der Waals surface area contributed by atoms with E-state index in [1.165, 1.54) is 0 Å². The zero-order chi connectivity index (χ0) is 29.6. The summed E-state index contributed by atoms with van der Waals surface area (Å²) in [6.07, 6.45) is -1.06. The predicted octanol–water partition coefficient (Wildman–Crippen LogP) is 7.97. The molecule has 4 aromatic carbocycles. The predicted molar refractivity (Wildman–Crippen MR) is 155 cm³/mol. The largest absolute Gasteiger partial charge is 0.416 e. The molecule has 0 radical (unpaired) electrons. The minimum Gasteiger partial charge on any atom is -0.335 e. The molecule has 4 aromatic rings. The summed E-state index contributed by atoms with van der Waals surface area (Å²) in [5, 5.41) is 5.98. The second-order valence-corrected chi connectivity index (χ2v) is 10.6. The molecule has 1 unspecified atom stereocenters. The van der Waals surface area contributed by atoms with Crippen LogP contribution < -0.4 is 10.6 Å². The van der Waals surface area contributed by atoms with Gasteiger partial charge in [0.15, 0.2) is 0 Å². The summed E-state index contributed by atoms with van der Waals surface area (Å²) < 4.78 is 56.6. The van der Waals surface area contributed by atoms with Crippen LogP contribution in [0.15, 0.2) is 103 Å². The molecule has 0 aliphatic heterocycles. The summed E-state index contributed by atoms with van der Waals surface area (Å²) >= 11 is 0. The molecule has 1 saturated carbocycles. The molecule has 0 bridgehead atoms. The van der Waals surface area contributed by atoms with Crippen molar-refractivity contribution in [3.63, 3.8) is 0 Å². The van der Waals surface area contributed by atoms with E-state index in [1.807, 2.05) is 60.7 Å². The average Bonchev–Trinajstić information content (AvgIpc) is 3.49. The van der Waals surface area contributed by atoms with Gasteiger partial charge in [0.2, 0.25) is 0 Å². The molecule has 0 heterocycles. The Morgan fingerprint density at radius 1 is 0.738 bits per heavy atom. The van der Waals surface area contributed by atoms with E-state index in [1.54, 1.807) is 24.3 Å². The van der Waals surface area contributed by atoms with E-state index in [-0.39, 0.29) is 18.0 Å². The minimum atomic E-state index is -4.78. The molecule has 2 N–H and O–H groups in total. The van der Waals surface area contributed by atoms with E-state index in [9.17, 15) is 22.4 Å². The Morgan fingerprint density at radius 3 is 1.93 bits per heavy atom. The van der Waals surface area contributed by atoms with Gasteiger partial charge in [0.1, 0.15) is 5.82 Å². The maximum Gasteiger partial charge on any atom is 0.416 e. The van der Waals surface area contributed by atoms with Gasteiger partial charge in [0, 0.05) is 23.6 Å². The molecule has 3 nitrogen and oxygen atoms in total. The Hall–Kier alpha value is -4.57. The zero-order valence-electron chi connectivity index (χ0n) is 22.8. The fourth-order valence-electron chi connectivity index (χ4n) is 5.45. The van der Waals surface area contributed by atoms with Crippen LogP contribution in [0.4, 0.5) is 22.4 Å². The maximum atomic E-state index is 14.9. The highest BCUT2D eigenvalue weighted by Crippen LogP contribution is 2.38. The summed E-state index contributed by atoms with van der Waals surface area (Å²) in [5.74, 6) is 5.15. The standard InChI is InChI=1S/C35H30F4N2O/c36-31-22-29(21-30(23-31)35(37,38)39)34(24-27-11-5-2-6-12-27,41-33(42)40-32-13-7-8-14-32)28-19-17-26(18-20-28)16-15-25-9-3-1-4-10-25/h1-6,9-12,17-23,32H,7-8,13-14,24H2,(H2,40,41,42). The number of benzene rings is 4. The van der Waals surface area contributed by atoms with Gasteiger partial charge >= 0.3 is 12.2 Å². The molecule has 0 saturated heterocycles. The third kappa shape index (κ3) is 7.01. The van der Waals surface area contributed by atoms with Crippen LogP contribution in [-0.4, -0.2) is 12.1 Å². The van der Waals surface area contributed by atoms with Gasteiger partial charge in [0.05, 0.1) is 11.1 Å². The molecule has 0 aromatic heterocycles. The Balaban J connectivity index is 1.63. The SMILES string of the molecule is O=C(NC1CCCC1)NC(Cc1ccccc1)(c1ccc(C#Cc2ccccc2)cc1)c1cc(F)cc(C(F)(F)F)c1. The summed E-state index contributed by atoms with van der Waals surface area (Å²) in [4.78, 5) is 13.5. The highest BCUT2D eigenvalue weighted by molar-refractivity contribution is 5.76. The first-order valence-corrected chi connectivity index (χ1v) is 13.9. The van der Waals surface area contributed by atoms with E-state index in [0.717, 1.165) is 48.9 Å². The van der Waals surface area contributed by atoms with Gasteiger partial charge in [-0.25, -0.2) is 9.18 Å².